The van der Waals surface area contributed by atoms with Crippen LogP contribution in [0.15, 0.2) is 84.0 Å². The molecule has 0 saturated heterocycles. The maximum absolute atomic E-state index is 15.0. The topological polar surface area (TPSA) is 48.5 Å². The molecule has 0 spiro atoms. The first-order valence-corrected chi connectivity index (χ1v) is 12.0. The molecular formula is C29H28FN3O. The highest BCUT2D eigenvalue weighted by Gasteiger charge is 2.32. The summed E-state index contributed by atoms with van der Waals surface area (Å²) in [5.41, 5.74) is 4.60. The predicted octanol–water partition coefficient (Wildman–Crippen LogP) is 6.29. The van der Waals surface area contributed by atoms with E-state index in [-0.39, 0.29) is 11.7 Å². The number of unbranched alkanes of at least 4 members (excludes halogenated alkanes) is 2. The van der Waals surface area contributed by atoms with E-state index >= 15 is 0 Å². The minimum atomic E-state index is -0.650. The Balaban J connectivity index is 1.64. The van der Waals surface area contributed by atoms with Gasteiger partial charge >= 0.3 is 0 Å². The summed E-state index contributed by atoms with van der Waals surface area (Å²) in [7, 11) is 0. The SMILES string of the molecule is CCCCCN1C(=O)C(Cc2c[nH]c3ccccc23)N=C(c2ccccc2F)c2ccccc21. The van der Waals surface area contributed by atoms with E-state index in [9.17, 15) is 9.18 Å². The van der Waals surface area contributed by atoms with E-state index in [4.69, 9.17) is 4.99 Å². The molecule has 34 heavy (non-hydrogen) atoms. The number of hydrogen-bond donors (Lipinski definition) is 1. The lowest BCUT2D eigenvalue weighted by molar-refractivity contribution is -0.119. The lowest BCUT2D eigenvalue weighted by Gasteiger charge is -2.25. The Morgan fingerprint density at radius 3 is 2.50 bits per heavy atom. The number of hydrogen-bond acceptors (Lipinski definition) is 2. The fraction of sp³-hybridized carbons (Fsp3) is 0.241. The van der Waals surface area contributed by atoms with Gasteiger partial charge in [-0.2, -0.15) is 0 Å². The van der Waals surface area contributed by atoms with Crippen molar-refractivity contribution in [1.82, 2.24) is 4.98 Å². The number of aromatic amines is 1. The molecule has 0 radical (unpaired) electrons. The van der Waals surface area contributed by atoms with Crippen LogP contribution in [0.25, 0.3) is 10.9 Å². The fourth-order valence-electron chi connectivity index (χ4n) is 4.75. The zero-order valence-corrected chi connectivity index (χ0v) is 19.3. The van der Waals surface area contributed by atoms with Crippen molar-refractivity contribution in [3.63, 3.8) is 0 Å². The number of nitrogens with one attached hydrogen (secondary N) is 1. The van der Waals surface area contributed by atoms with Gasteiger partial charge in [0.15, 0.2) is 0 Å². The van der Waals surface area contributed by atoms with Gasteiger partial charge < -0.3 is 9.88 Å². The summed E-state index contributed by atoms with van der Waals surface area (Å²) in [4.78, 5) is 24.1. The molecule has 1 amide bonds. The highest BCUT2D eigenvalue weighted by Crippen LogP contribution is 2.31. The molecule has 1 atom stereocenters. The van der Waals surface area contributed by atoms with Crippen LogP contribution in [-0.2, 0) is 11.2 Å². The van der Waals surface area contributed by atoms with E-state index < -0.39 is 6.04 Å². The van der Waals surface area contributed by atoms with E-state index in [1.165, 1.54) is 6.07 Å². The van der Waals surface area contributed by atoms with Crippen molar-refractivity contribution in [2.24, 2.45) is 4.99 Å². The third kappa shape index (κ3) is 4.14. The van der Waals surface area contributed by atoms with Gasteiger partial charge in [0.25, 0.3) is 5.91 Å². The van der Waals surface area contributed by atoms with Crippen LogP contribution in [0, 0.1) is 5.82 Å². The average molecular weight is 454 g/mol. The molecule has 1 N–H and O–H groups in total. The number of para-hydroxylation sites is 2. The molecule has 1 aliphatic heterocycles. The number of H-pyrrole nitrogens is 1. The molecule has 2 heterocycles. The van der Waals surface area contributed by atoms with Crippen LogP contribution in [0.4, 0.5) is 10.1 Å². The van der Waals surface area contributed by atoms with Crippen LogP contribution in [0.1, 0.15) is 42.9 Å². The molecule has 4 nitrogen and oxygen atoms in total. The van der Waals surface area contributed by atoms with Gasteiger partial charge in [0.2, 0.25) is 0 Å². The third-order valence-electron chi connectivity index (χ3n) is 6.49. The minimum absolute atomic E-state index is 0.0415. The van der Waals surface area contributed by atoms with Gasteiger partial charge in [-0.1, -0.05) is 68.3 Å². The van der Waals surface area contributed by atoms with Crippen LogP contribution in [0.2, 0.25) is 0 Å². The van der Waals surface area contributed by atoms with Gasteiger partial charge in [-0.15, -0.1) is 0 Å². The molecule has 0 bridgehead atoms. The van der Waals surface area contributed by atoms with Gasteiger partial charge in [0.1, 0.15) is 11.9 Å². The zero-order valence-electron chi connectivity index (χ0n) is 19.3. The first kappa shape index (κ1) is 22.1. The number of benzene rings is 3. The van der Waals surface area contributed by atoms with E-state index in [2.05, 4.69) is 18.0 Å². The molecule has 0 aliphatic carbocycles. The van der Waals surface area contributed by atoms with Gasteiger partial charge in [-0.25, -0.2) is 4.39 Å². The number of aromatic nitrogens is 1. The van der Waals surface area contributed by atoms with Gasteiger partial charge in [-0.3, -0.25) is 9.79 Å². The number of carbonyl (C=O) groups is 1. The van der Waals surface area contributed by atoms with E-state index in [1.54, 1.807) is 12.1 Å². The number of anilines is 1. The van der Waals surface area contributed by atoms with Crippen molar-refractivity contribution in [1.29, 1.82) is 0 Å². The summed E-state index contributed by atoms with van der Waals surface area (Å²) >= 11 is 0. The molecule has 0 fully saturated rings. The van der Waals surface area contributed by atoms with Crippen molar-refractivity contribution in [2.75, 3.05) is 11.4 Å². The maximum Gasteiger partial charge on any atom is 0.252 e. The zero-order chi connectivity index (χ0) is 23.5. The summed E-state index contributed by atoms with van der Waals surface area (Å²) in [6.07, 6.45) is 5.42. The smallest absolute Gasteiger partial charge is 0.252 e. The van der Waals surface area contributed by atoms with Crippen LogP contribution in [-0.4, -0.2) is 29.2 Å². The predicted molar refractivity (Wildman–Crippen MR) is 136 cm³/mol. The van der Waals surface area contributed by atoms with Crippen molar-refractivity contribution < 1.29 is 9.18 Å². The molecular weight excluding hydrogens is 425 g/mol. The highest BCUT2D eigenvalue weighted by atomic mass is 19.1. The molecule has 1 unspecified atom stereocenters. The Morgan fingerprint density at radius 2 is 1.68 bits per heavy atom. The minimum Gasteiger partial charge on any atom is -0.361 e. The molecule has 5 rings (SSSR count). The average Bonchev–Trinajstić information content (AvgIpc) is 3.23. The number of nitrogens with zero attached hydrogens (tertiary/aromatic N) is 2. The second kappa shape index (κ2) is 9.64. The summed E-state index contributed by atoms with van der Waals surface area (Å²) in [5.74, 6) is -0.381. The van der Waals surface area contributed by atoms with Crippen LogP contribution < -0.4 is 4.90 Å². The number of carbonyl (C=O) groups excluding carboxylic acids is 1. The van der Waals surface area contributed by atoms with Crippen molar-refractivity contribution in [3.8, 4) is 0 Å². The van der Waals surface area contributed by atoms with Gasteiger partial charge in [0.05, 0.1) is 11.4 Å². The molecule has 4 aromatic rings. The van der Waals surface area contributed by atoms with Gasteiger partial charge in [0, 0.05) is 41.2 Å². The largest absolute Gasteiger partial charge is 0.361 e. The number of aliphatic imine (C=N–C) groups is 1. The Morgan fingerprint density at radius 1 is 0.941 bits per heavy atom. The number of halogens is 1. The summed E-state index contributed by atoms with van der Waals surface area (Å²) in [5, 5.41) is 1.08. The molecule has 172 valence electrons. The normalized spacial score (nSPS) is 15.8. The van der Waals surface area contributed by atoms with Crippen LogP contribution in [0.5, 0.6) is 0 Å². The first-order chi connectivity index (χ1) is 16.7. The fourth-order valence-corrected chi connectivity index (χ4v) is 4.75. The number of amides is 1. The second-order valence-corrected chi connectivity index (χ2v) is 8.75. The number of fused-ring (bicyclic) bond motifs is 2. The quantitative estimate of drug-likeness (QED) is 0.328. The standard InChI is InChI=1S/C29H28FN3O/c1-2-3-10-17-33-27-16-9-6-13-23(27)28(22-12-4-7-14-24(22)30)32-26(29(33)34)18-20-19-31-25-15-8-5-11-21(20)25/h4-9,11-16,19,26,31H,2-3,10,17-18H2,1H3. The third-order valence-corrected chi connectivity index (χ3v) is 6.49. The highest BCUT2D eigenvalue weighted by molar-refractivity contribution is 6.20. The lowest BCUT2D eigenvalue weighted by atomic mass is 9.99. The first-order valence-electron chi connectivity index (χ1n) is 12.0. The summed E-state index contributed by atoms with van der Waals surface area (Å²) in [6.45, 7) is 2.77. The van der Waals surface area contributed by atoms with E-state index in [0.29, 0.717) is 24.2 Å². The number of benzodiazepines with no additional fused rings is 1. The van der Waals surface area contributed by atoms with Crippen molar-refractivity contribution in [2.45, 2.75) is 38.6 Å². The molecule has 0 saturated carbocycles. The van der Waals surface area contributed by atoms with Gasteiger partial charge in [-0.05, 0) is 36.2 Å². The molecule has 5 heteroatoms. The second-order valence-electron chi connectivity index (χ2n) is 8.75. The molecule has 1 aromatic heterocycles. The maximum atomic E-state index is 15.0. The van der Waals surface area contributed by atoms with Crippen LogP contribution in [0.3, 0.4) is 0 Å². The lowest BCUT2D eigenvalue weighted by Crippen LogP contribution is -2.39. The summed E-state index contributed by atoms with van der Waals surface area (Å²) < 4.78 is 15.0. The Bertz CT molecular complexity index is 1360. The van der Waals surface area contributed by atoms with Crippen molar-refractivity contribution in [3.05, 3.63) is 102 Å². The number of rotatable bonds is 7. The summed E-state index contributed by atoms with van der Waals surface area (Å²) in [6, 6.07) is 21.8. The van der Waals surface area contributed by atoms with E-state index in [0.717, 1.165) is 47.0 Å². The molecule has 3 aromatic carbocycles. The van der Waals surface area contributed by atoms with Crippen molar-refractivity contribution >= 4 is 28.2 Å². The Hall–Kier alpha value is -3.73. The molecule has 1 aliphatic rings. The monoisotopic (exact) mass is 453 g/mol. The Labute approximate surface area is 199 Å². The Kier molecular flexibility index (Phi) is 6.26. The van der Waals surface area contributed by atoms with E-state index in [1.807, 2.05) is 59.6 Å². The van der Waals surface area contributed by atoms with Crippen LogP contribution >= 0.6 is 0 Å².